The molecule has 1 aromatic carbocycles. The summed E-state index contributed by atoms with van der Waals surface area (Å²) in [6, 6.07) is 9.02. The van der Waals surface area contributed by atoms with E-state index in [1.807, 2.05) is 0 Å². The van der Waals surface area contributed by atoms with E-state index < -0.39 is 0 Å². The maximum atomic E-state index is 4.62. The Kier molecular flexibility index (Phi) is 4.03. The molecular weight excluding hydrogens is 248 g/mol. The molecule has 1 fully saturated rings. The van der Waals surface area contributed by atoms with Crippen molar-refractivity contribution in [3.05, 3.63) is 30.1 Å². The van der Waals surface area contributed by atoms with E-state index in [4.69, 9.17) is 0 Å². The van der Waals surface area contributed by atoms with Gasteiger partial charge in [0.25, 0.3) is 0 Å². The lowest BCUT2D eigenvalue weighted by molar-refractivity contribution is 0.226. The number of hydrogen-bond acceptors (Lipinski definition) is 3. The minimum atomic E-state index is 0.642. The van der Waals surface area contributed by atoms with E-state index in [0.717, 1.165) is 24.4 Å². The van der Waals surface area contributed by atoms with Crippen LogP contribution < -0.4 is 5.32 Å². The number of imidazole rings is 1. The summed E-state index contributed by atoms with van der Waals surface area (Å²) in [6.07, 6.45) is 2.61. The van der Waals surface area contributed by atoms with Crippen LogP contribution in [0.25, 0.3) is 11.0 Å². The lowest BCUT2D eigenvalue weighted by Crippen LogP contribution is -2.44. The lowest BCUT2D eigenvalue weighted by atomic mass is 10.1. The lowest BCUT2D eigenvalue weighted by Gasteiger charge is -2.30. The third-order valence-electron chi connectivity index (χ3n) is 4.24. The van der Waals surface area contributed by atoms with Crippen molar-refractivity contribution in [2.45, 2.75) is 32.4 Å². The highest BCUT2D eigenvalue weighted by molar-refractivity contribution is 5.75. The van der Waals surface area contributed by atoms with Crippen LogP contribution in [0, 0.1) is 6.92 Å². The molecular formula is C16H24N4. The largest absolute Gasteiger partial charge is 0.327 e. The Morgan fingerprint density at radius 3 is 3.05 bits per heavy atom. The molecule has 1 N–H and O–H groups in total. The van der Waals surface area contributed by atoms with Gasteiger partial charge in [-0.25, -0.2) is 4.98 Å². The van der Waals surface area contributed by atoms with Gasteiger partial charge in [-0.2, -0.15) is 0 Å². The first-order valence-corrected chi connectivity index (χ1v) is 7.58. The molecule has 108 valence electrons. The first-order valence-electron chi connectivity index (χ1n) is 7.58. The highest BCUT2D eigenvalue weighted by Crippen LogP contribution is 2.15. The van der Waals surface area contributed by atoms with Crippen LogP contribution in [-0.4, -0.2) is 47.2 Å². The summed E-state index contributed by atoms with van der Waals surface area (Å²) in [5, 5.41) is 3.69. The number of aromatic nitrogens is 2. The molecule has 0 spiro atoms. The molecule has 2 aromatic rings. The van der Waals surface area contributed by atoms with Crippen LogP contribution in [0.3, 0.4) is 0 Å². The quantitative estimate of drug-likeness (QED) is 0.924. The molecule has 1 aliphatic rings. The minimum absolute atomic E-state index is 0.642. The van der Waals surface area contributed by atoms with Crippen molar-refractivity contribution >= 4 is 11.0 Å². The molecule has 1 saturated heterocycles. The fraction of sp³-hybridized carbons (Fsp3) is 0.562. The zero-order valence-electron chi connectivity index (χ0n) is 12.5. The average Bonchev–Trinajstić information content (AvgIpc) is 2.75. The SMILES string of the molecule is Cc1nc2ccccc2n1CCNC1CCCN(C)C1. The van der Waals surface area contributed by atoms with E-state index in [1.165, 1.54) is 31.4 Å². The van der Waals surface area contributed by atoms with Gasteiger partial charge < -0.3 is 14.8 Å². The van der Waals surface area contributed by atoms with Gasteiger partial charge in [-0.05, 0) is 45.5 Å². The Morgan fingerprint density at radius 1 is 1.35 bits per heavy atom. The van der Waals surface area contributed by atoms with Crippen molar-refractivity contribution in [3.63, 3.8) is 0 Å². The fourth-order valence-corrected chi connectivity index (χ4v) is 3.19. The molecule has 4 nitrogen and oxygen atoms in total. The summed E-state index contributed by atoms with van der Waals surface area (Å²) in [7, 11) is 2.21. The van der Waals surface area contributed by atoms with Gasteiger partial charge in [0.1, 0.15) is 5.82 Å². The van der Waals surface area contributed by atoms with Crippen molar-refractivity contribution in [1.29, 1.82) is 0 Å². The van der Waals surface area contributed by atoms with Crippen molar-refractivity contribution in [2.24, 2.45) is 0 Å². The van der Waals surface area contributed by atoms with Gasteiger partial charge in [0.2, 0.25) is 0 Å². The number of likely N-dealkylation sites (tertiary alicyclic amines) is 1. The van der Waals surface area contributed by atoms with Gasteiger partial charge >= 0.3 is 0 Å². The molecule has 4 heteroatoms. The van der Waals surface area contributed by atoms with E-state index >= 15 is 0 Å². The van der Waals surface area contributed by atoms with Gasteiger partial charge in [-0.15, -0.1) is 0 Å². The topological polar surface area (TPSA) is 33.1 Å². The number of nitrogens with zero attached hydrogens (tertiary/aromatic N) is 3. The molecule has 3 rings (SSSR count). The van der Waals surface area contributed by atoms with Crippen LogP contribution in [0.15, 0.2) is 24.3 Å². The number of likely N-dealkylation sites (N-methyl/N-ethyl adjacent to an activating group) is 1. The Balaban J connectivity index is 1.61. The van der Waals surface area contributed by atoms with Gasteiger partial charge in [-0.3, -0.25) is 0 Å². The van der Waals surface area contributed by atoms with Crippen molar-refractivity contribution in [3.8, 4) is 0 Å². The molecule has 1 aromatic heterocycles. The Morgan fingerprint density at radius 2 is 2.20 bits per heavy atom. The summed E-state index contributed by atoms with van der Waals surface area (Å²) in [5.41, 5.74) is 2.34. The summed E-state index contributed by atoms with van der Waals surface area (Å²) in [4.78, 5) is 7.03. The molecule has 0 radical (unpaired) electrons. The fourth-order valence-electron chi connectivity index (χ4n) is 3.19. The monoisotopic (exact) mass is 272 g/mol. The Labute approximate surface area is 120 Å². The molecule has 1 aliphatic heterocycles. The normalized spacial score (nSPS) is 20.6. The average molecular weight is 272 g/mol. The van der Waals surface area contributed by atoms with Gasteiger partial charge in [0, 0.05) is 25.7 Å². The summed E-state index contributed by atoms with van der Waals surface area (Å²) < 4.78 is 2.31. The van der Waals surface area contributed by atoms with Crippen LogP contribution in [-0.2, 0) is 6.54 Å². The van der Waals surface area contributed by atoms with Gasteiger partial charge in [-0.1, -0.05) is 12.1 Å². The number of benzene rings is 1. The first kappa shape index (κ1) is 13.6. The smallest absolute Gasteiger partial charge is 0.106 e. The zero-order chi connectivity index (χ0) is 13.9. The van der Waals surface area contributed by atoms with Crippen molar-refractivity contribution < 1.29 is 0 Å². The summed E-state index contributed by atoms with van der Waals surface area (Å²) >= 11 is 0. The predicted molar refractivity (Wildman–Crippen MR) is 83.0 cm³/mol. The zero-order valence-corrected chi connectivity index (χ0v) is 12.5. The maximum Gasteiger partial charge on any atom is 0.106 e. The molecule has 0 aliphatic carbocycles. The molecule has 0 saturated carbocycles. The number of fused-ring (bicyclic) bond motifs is 1. The van der Waals surface area contributed by atoms with E-state index in [2.05, 4.69) is 58.0 Å². The third-order valence-corrected chi connectivity index (χ3v) is 4.24. The standard InChI is InChI=1S/C16H24N4/c1-13-18-15-7-3-4-8-16(15)20(13)11-9-17-14-6-5-10-19(2)12-14/h3-4,7-8,14,17H,5-6,9-12H2,1-2H3. The molecule has 1 unspecified atom stereocenters. The third kappa shape index (κ3) is 2.86. The molecule has 2 heterocycles. The second kappa shape index (κ2) is 5.94. The number of para-hydroxylation sites is 2. The van der Waals surface area contributed by atoms with Crippen LogP contribution in [0.5, 0.6) is 0 Å². The number of hydrogen-bond donors (Lipinski definition) is 1. The van der Waals surface area contributed by atoms with E-state index in [-0.39, 0.29) is 0 Å². The second-order valence-electron chi connectivity index (χ2n) is 5.85. The van der Waals surface area contributed by atoms with Gasteiger partial charge in [0.05, 0.1) is 11.0 Å². The van der Waals surface area contributed by atoms with E-state index in [0.29, 0.717) is 6.04 Å². The Bertz CT molecular complexity index is 575. The van der Waals surface area contributed by atoms with Crippen LogP contribution in [0.2, 0.25) is 0 Å². The minimum Gasteiger partial charge on any atom is -0.327 e. The number of piperidine rings is 1. The summed E-state index contributed by atoms with van der Waals surface area (Å²) in [6.45, 7) is 6.51. The van der Waals surface area contributed by atoms with Crippen LogP contribution in [0.1, 0.15) is 18.7 Å². The molecule has 1 atom stereocenters. The molecule has 20 heavy (non-hydrogen) atoms. The molecule has 0 amide bonds. The highest BCUT2D eigenvalue weighted by Gasteiger charge is 2.16. The van der Waals surface area contributed by atoms with Crippen molar-refractivity contribution in [2.75, 3.05) is 26.7 Å². The van der Waals surface area contributed by atoms with E-state index in [9.17, 15) is 0 Å². The van der Waals surface area contributed by atoms with Crippen LogP contribution in [0.4, 0.5) is 0 Å². The Hall–Kier alpha value is -1.39. The predicted octanol–water partition coefficient (Wildman–Crippen LogP) is 2.03. The van der Waals surface area contributed by atoms with Gasteiger partial charge in [0.15, 0.2) is 0 Å². The number of rotatable bonds is 4. The second-order valence-corrected chi connectivity index (χ2v) is 5.85. The summed E-state index contributed by atoms with van der Waals surface area (Å²) in [5.74, 6) is 1.11. The van der Waals surface area contributed by atoms with Crippen molar-refractivity contribution in [1.82, 2.24) is 19.8 Å². The van der Waals surface area contributed by atoms with Crippen LogP contribution >= 0.6 is 0 Å². The van der Waals surface area contributed by atoms with E-state index in [1.54, 1.807) is 0 Å². The molecule has 0 bridgehead atoms. The first-order chi connectivity index (χ1) is 9.74. The maximum absolute atomic E-state index is 4.62. The highest BCUT2D eigenvalue weighted by atomic mass is 15.1. The number of nitrogens with one attached hydrogen (secondary N) is 1. The number of aryl methyl sites for hydroxylation is 1.